The molecule has 2 aromatic rings. The van der Waals surface area contributed by atoms with Crippen molar-refractivity contribution in [1.29, 1.82) is 0 Å². The van der Waals surface area contributed by atoms with Crippen LogP contribution >= 0.6 is 38.6 Å². The SMILES string of the molecule is Cc1cc(C(N)c2cc(C)c(Br)s2)c(C)s1. The van der Waals surface area contributed by atoms with Gasteiger partial charge in [0.2, 0.25) is 0 Å². The molecule has 0 fully saturated rings. The molecule has 2 N–H and O–H groups in total. The number of nitrogens with two attached hydrogens (primary N) is 1. The zero-order valence-electron chi connectivity index (χ0n) is 9.50. The molecule has 4 heteroatoms. The Morgan fingerprint density at radius 2 is 1.88 bits per heavy atom. The molecule has 0 aliphatic carbocycles. The molecule has 2 rings (SSSR count). The lowest BCUT2D eigenvalue weighted by Crippen LogP contribution is -2.10. The summed E-state index contributed by atoms with van der Waals surface area (Å²) in [4.78, 5) is 3.88. The average molecular weight is 316 g/mol. The fraction of sp³-hybridized carbons (Fsp3) is 0.333. The van der Waals surface area contributed by atoms with Crippen LogP contribution in [-0.2, 0) is 0 Å². The van der Waals surface area contributed by atoms with Gasteiger partial charge in [0.15, 0.2) is 0 Å². The third kappa shape index (κ3) is 2.25. The third-order valence-corrected chi connectivity index (χ3v) is 5.80. The molecule has 0 amide bonds. The van der Waals surface area contributed by atoms with Gasteiger partial charge >= 0.3 is 0 Å². The minimum absolute atomic E-state index is 0.0138. The smallest absolute Gasteiger partial charge is 0.0731 e. The van der Waals surface area contributed by atoms with Gasteiger partial charge in [-0.15, -0.1) is 22.7 Å². The zero-order valence-corrected chi connectivity index (χ0v) is 12.7. The highest BCUT2D eigenvalue weighted by Gasteiger charge is 2.16. The fourth-order valence-electron chi connectivity index (χ4n) is 1.75. The van der Waals surface area contributed by atoms with Gasteiger partial charge in [0.1, 0.15) is 0 Å². The fourth-order valence-corrected chi connectivity index (χ4v) is 4.31. The molecule has 16 heavy (non-hydrogen) atoms. The van der Waals surface area contributed by atoms with E-state index in [1.807, 2.05) is 11.3 Å². The van der Waals surface area contributed by atoms with Gasteiger partial charge in [-0.2, -0.15) is 0 Å². The van der Waals surface area contributed by atoms with E-state index in [1.54, 1.807) is 11.3 Å². The van der Waals surface area contributed by atoms with Crippen LogP contribution in [0, 0.1) is 20.8 Å². The van der Waals surface area contributed by atoms with Crippen molar-refractivity contribution in [1.82, 2.24) is 0 Å². The summed E-state index contributed by atoms with van der Waals surface area (Å²) in [5.74, 6) is 0. The van der Waals surface area contributed by atoms with Gasteiger partial charge in [0.25, 0.3) is 0 Å². The summed E-state index contributed by atoms with van der Waals surface area (Å²) in [5.41, 5.74) is 8.83. The predicted octanol–water partition coefficient (Wildman–Crippen LogP) is 4.55. The highest BCUT2D eigenvalue weighted by atomic mass is 79.9. The van der Waals surface area contributed by atoms with Crippen LogP contribution in [0.5, 0.6) is 0 Å². The molecular formula is C12H14BrNS2. The molecule has 0 aliphatic heterocycles. The summed E-state index contributed by atoms with van der Waals surface area (Å²) in [5, 5.41) is 0. The summed E-state index contributed by atoms with van der Waals surface area (Å²) < 4.78 is 1.18. The van der Waals surface area contributed by atoms with Crippen LogP contribution in [0.25, 0.3) is 0 Å². The van der Waals surface area contributed by atoms with Crippen molar-refractivity contribution >= 4 is 38.6 Å². The van der Waals surface area contributed by atoms with Gasteiger partial charge in [-0.05, 0) is 60.0 Å². The Morgan fingerprint density at radius 1 is 1.19 bits per heavy atom. The Hall–Kier alpha value is -0.160. The molecule has 1 nitrogen and oxygen atoms in total. The van der Waals surface area contributed by atoms with Gasteiger partial charge in [-0.1, -0.05) is 0 Å². The molecule has 0 aromatic carbocycles. The van der Waals surface area contributed by atoms with Crippen LogP contribution in [-0.4, -0.2) is 0 Å². The summed E-state index contributed by atoms with van der Waals surface area (Å²) >= 11 is 7.09. The van der Waals surface area contributed by atoms with Gasteiger partial charge in [-0.3, -0.25) is 0 Å². The predicted molar refractivity (Wildman–Crippen MR) is 76.6 cm³/mol. The van der Waals surface area contributed by atoms with E-state index in [1.165, 1.54) is 29.5 Å². The second kappa shape index (κ2) is 4.61. The van der Waals surface area contributed by atoms with Crippen LogP contribution in [0.2, 0.25) is 0 Å². The van der Waals surface area contributed by atoms with E-state index in [0.717, 1.165) is 0 Å². The molecule has 86 valence electrons. The van der Waals surface area contributed by atoms with E-state index in [-0.39, 0.29) is 6.04 Å². The first-order valence-electron chi connectivity index (χ1n) is 5.07. The topological polar surface area (TPSA) is 26.0 Å². The summed E-state index contributed by atoms with van der Waals surface area (Å²) in [6.07, 6.45) is 0. The Labute approximate surface area is 112 Å². The number of hydrogen-bond acceptors (Lipinski definition) is 3. The molecule has 1 unspecified atom stereocenters. The summed E-state index contributed by atoms with van der Waals surface area (Å²) in [6, 6.07) is 4.39. The first-order valence-corrected chi connectivity index (χ1v) is 7.50. The highest BCUT2D eigenvalue weighted by Crippen LogP contribution is 2.35. The van der Waals surface area contributed by atoms with Crippen LogP contribution in [0.15, 0.2) is 15.9 Å². The Morgan fingerprint density at radius 3 is 2.31 bits per heavy atom. The van der Waals surface area contributed by atoms with Gasteiger partial charge in [0.05, 0.1) is 9.83 Å². The molecule has 0 aliphatic rings. The van der Waals surface area contributed by atoms with Crippen molar-refractivity contribution in [3.8, 4) is 0 Å². The Kier molecular flexibility index (Phi) is 3.54. The van der Waals surface area contributed by atoms with Crippen LogP contribution in [0.4, 0.5) is 0 Å². The lowest BCUT2D eigenvalue weighted by atomic mass is 10.1. The van der Waals surface area contributed by atoms with Crippen molar-refractivity contribution < 1.29 is 0 Å². The maximum Gasteiger partial charge on any atom is 0.0731 e. The molecule has 0 saturated heterocycles. The van der Waals surface area contributed by atoms with E-state index in [2.05, 4.69) is 48.8 Å². The molecule has 0 radical (unpaired) electrons. The van der Waals surface area contributed by atoms with E-state index in [9.17, 15) is 0 Å². The summed E-state index contributed by atoms with van der Waals surface area (Å²) in [7, 11) is 0. The van der Waals surface area contributed by atoms with Crippen LogP contribution in [0.3, 0.4) is 0 Å². The highest BCUT2D eigenvalue weighted by molar-refractivity contribution is 9.11. The zero-order chi connectivity index (χ0) is 11.9. The van der Waals surface area contributed by atoms with E-state index in [0.29, 0.717) is 0 Å². The van der Waals surface area contributed by atoms with Crippen molar-refractivity contribution in [2.45, 2.75) is 26.8 Å². The Balaban J connectivity index is 2.38. The van der Waals surface area contributed by atoms with Crippen molar-refractivity contribution in [3.05, 3.63) is 41.7 Å². The van der Waals surface area contributed by atoms with Gasteiger partial charge < -0.3 is 5.73 Å². The quantitative estimate of drug-likeness (QED) is 0.864. The Bertz CT molecular complexity index is 494. The van der Waals surface area contributed by atoms with Crippen molar-refractivity contribution in [3.63, 3.8) is 0 Å². The molecular weight excluding hydrogens is 302 g/mol. The largest absolute Gasteiger partial charge is 0.320 e. The first kappa shape index (κ1) is 12.3. The first-order chi connectivity index (χ1) is 7.49. The minimum Gasteiger partial charge on any atom is -0.320 e. The monoisotopic (exact) mass is 315 g/mol. The van der Waals surface area contributed by atoms with E-state index < -0.39 is 0 Å². The number of halogens is 1. The maximum absolute atomic E-state index is 6.31. The molecule has 1 atom stereocenters. The maximum atomic E-state index is 6.31. The molecule has 0 saturated carbocycles. The second-order valence-corrected chi connectivity index (χ2v) is 7.81. The van der Waals surface area contributed by atoms with Gasteiger partial charge in [-0.25, -0.2) is 0 Å². The second-order valence-electron chi connectivity index (χ2n) is 3.95. The molecule has 2 heterocycles. The standard InChI is InChI=1S/C12H14BrNS2/c1-6-4-10(16-12(6)13)11(14)9-5-7(2)15-8(9)3/h4-5,11H,14H2,1-3H3. The van der Waals surface area contributed by atoms with Crippen LogP contribution < -0.4 is 5.73 Å². The third-order valence-electron chi connectivity index (χ3n) is 2.60. The number of thiophene rings is 2. The van der Waals surface area contributed by atoms with Crippen LogP contribution in [0.1, 0.15) is 31.8 Å². The van der Waals surface area contributed by atoms with Gasteiger partial charge in [0, 0.05) is 14.6 Å². The van der Waals surface area contributed by atoms with Crippen molar-refractivity contribution in [2.75, 3.05) is 0 Å². The van der Waals surface area contributed by atoms with E-state index in [4.69, 9.17) is 5.73 Å². The number of hydrogen-bond donors (Lipinski definition) is 1. The van der Waals surface area contributed by atoms with Crippen molar-refractivity contribution in [2.24, 2.45) is 5.73 Å². The lowest BCUT2D eigenvalue weighted by molar-refractivity contribution is 0.889. The number of rotatable bonds is 2. The molecule has 2 aromatic heterocycles. The summed E-state index contributed by atoms with van der Waals surface area (Å²) in [6.45, 7) is 6.37. The average Bonchev–Trinajstić information content (AvgIpc) is 2.70. The molecule has 0 spiro atoms. The minimum atomic E-state index is 0.0138. The molecule has 0 bridgehead atoms. The van der Waals surface area contributed by atoms with E-state index >= 15 is 0 Å². The lowest BCUT2D eigenvalue weighted by Gasteiger charge is -2.08. The normalized spacial score (nSPS) is 13.1. The number of aryl methyl sites for hydroxylation is 3.